The normalized spacial score (nSPS) is 21.2. The van der Waals surface area contributed by atoms with Crippen LogP contribution in [0.2, 0.25) is 0 Å². The number of carbonyl (C=O) groups is 2. The van der Waals surface area contributed by atoms with Crippen molar-refractivity contribution in [1.29, 1.82) is 0 Å². The number of benzene rings is 1. The number of anilines is 1. The standard InChI is InChI=1S/C16H17BrF3NO3/c17-10-4-3-5-11(8-10)21-14(22)12-6-1-2-7-13(12)15(23)24-9-16(18,19)20/h3-5,8,12-13H,1-2,6-7,9H2,(H,21,22)/t12-,13+/m0/s1. The third-order valence-electron chi connectivity index (χ3n) is 3.88. The van der Waals surface area contributed by atoms with E-state index >= 15 is 0 Å². The minimum Gasteiger partial charge on any atom is -0.456 e. The average Bonchev–Trinajstić information content (AvgIpc) is 2.52. The highest BCUT2D eigenvalue weighted by atomic mass is 79.9. The highest BCUT2D eigenvalue weighted by molar-refractivity contribution is 9.10. The SMILES string of the molecule is O=C(Nc1cccc(Br)c1)[C@H]1CCCC[C@H]1C(=O)OCC(F)(F)F. The van der Waals surface area contributed by atoms with Crippen molar-refractivity contribution >= 4 is 33.5 Å². The Morgan fingerprint density at radius 3 is 2.50 bits per heavy atom. The molecule has 8 heteroatoms. The van der Waals surface area contributed by atoms with Crippen molar-refractivity contribution in [1.82, 2.24) is 0 Å². The number of hydrogen-bond donors (Lipinski definition) is 1. The molecule has 0 radical (unpaired) electrons. The number of esters is 1. The first-order valence-corrected chi connectivity index (χ1v) is 8.35. The topological polar surface area (TPSA) is 55.4 Å². The lowest BCUT2D eigenvalue weighted by molar-refractivity contribution is -0.191. The van der Waals surface area contributed by atoms with Crippen LogP contribution >= 0.6 is 15.9 Å². The molecule has 4 nitrogen and oxygen atoms in total. The first-order chi connectivity index (χ1) is 11.3. The van der Waals surface area contributed by atoms with Gasteiger partial charge in [0.25, 0.3) is 0 Å². The fraction of sp³-hybridized carbons (Fsp3) is 0.500. The maximum Gasteiger partial charge on any atom is 0.422 e. The van der Waals surface area contributed by atoms with E-state index in [2.05, 4.69) is 26.0 Å². The monoisotopic (exact) mass is 407 g/mol. The molecule has 2 rings (SSSR count). The van der Waals surface area contributed by atoms with Gasteiger partial charge in [0.15, 0.2) is 6.61 Å². The van der Waals surface area contributed by atoms with Gasteiger partial charge in [-0.3, -0.25) is 9.59 Å². The Labute approximate surface area is 145 Å². The minimum atomic E-state index is -4.57. The number of alkyl halides is 3. The van der Waals surface area contributed by atoms with Gasteiger partial charge in [-0.25, -0.2) is 0 Å². The molecule has 1 amide bonds. The summed E-state index contributed by atoms with van der Waals surface area (Å²) >= 11 is 3.29. The number of halogens is 4. The summed E-state index contributed by atoms with van der Waals surface area (Å²) in [7, 11) is 0. The third kappa shape index (κ3) is 5.51. The largest absolute Gasteiger partial charge is 0.456 e. The quantitative estimate of drug-likeness (QED) is 0.756. The van der Waals surface area contributed by atoms with Crippen LogP contribution in [-0.4, -0.2) is 24.7 Å². The van der Waals surface area contributed by atoms with Crippen molar-refractivity contribution in [3.05, 3.63) is 28.7 Å². The fourth-order valence-corrected chi connectivity index (χ4v) is 3.19. The van der Waals surface area contributed by atoms with Crippen LogP contribution in [-0.2, 0) is 14.3 Å². The Balaban J connectivity index is 2.02. The Morgan fingerprint density at radius 2 is 1.88 bits per heavy atom. The summed E-state index contributed by atoms with van der Waals surface area (Å²) in [6, 6.07) is 6.95. The third-order valence-corrected chi connectivity index (χ3v) is 4.37. The van der Waals surface area contributed by atoms with Gasteiger partial charge in [-0.1, -0.05) is 34.8 Å². The molecule has 1 aromatic rings. The summed E-state index contributed by atoms with van der Waals surface area (Å²) in [5, 5.41) is 2.71. The van der Waals surface area contributed by atoms with Crippen molar-refractivity contribution in [2.45, 2.75) is 31.9 Å². The summed E-state index contributed by atoms with van der Waals surface area (Å²) in [6.07, 6.45) is -2.33. The second-order valence-electron chi connectivity index (χ2n) is 5.72. The molecular formula is C16H17BrF3NO3. The molecule has 2 atom stereocenters. The minimum absolute atomic E-state index is 0.354. The molecule has 1 N–H and O–H groups in total. The van der Waals surface area contributed by atoms with E-state index in [0.717, 1.165) is 10.9 Å². The molecule has 132 valence electrons. The Kier molecular flexibility index (Phi) is 6.26. The summed E-state index contributed by atoms with van der Waals surface area (Å²) < 4.78 is 41.7. The summed E-state index contributed by atoms with van der Waals surface area (Å²) in [6.45, 7) is -1.62. The van der Waals surface area contributed by atoms with Gasteiger partial charge in [-0.05, 0) is 31.0 Å². The lowest BCUT2D eigenvalue weighted by Crippen LogP contribution is -2.38. The highest BCUT2D eigenvalue weighted by Gasteiger charge is 2.38. The molecule has 0 heterocycles. The lowest BCUT2D eigenvalue weighted by atomic mass is 9.78. The molecule has 0 spiro atoms. The van der Waals surface area contributed by atoms with Gasteiger partial charge in [-0.15, -0.1) is 0 Å². The van der Waals surface area contributed by atoms with Crippen LogP contribution < -0.4 is 5.32 Å². The molecular weight excluding hydrogens is 391 g/mol. The van der Waals surface area contributed by atoms with E-state index in [0.29, 0.717) is 24.9 Å². The maximum absolute atomic E-state index is 12.4. The van der Waals surface area contributed by atoms with Crippen molar-refractivity contribution in [3.8, 4) is 0 Å². The van der Waals surface area contributed by atoms with Crippen LogP contribution in [0.5, 0.6) is 0 Å². The fourth-order valence-electron chi connectivity index (χ4n) is 2.79. The van der Waals surface area contributed by atoms with Gasteiger partial charge in [0.05, 0.1) is 11.8 Å². The zero-order valence-corrected chi connectivity index (χ0v) is 14.3. The maximum atomic E-state index is 12.4. The number of carbonyl (C=O) groups excluding carboxylic acids is 2. The van der Waals surface area contributed by atoms with Crippen molar-refractivity contribution < 1.29 is 27.5 Å². The highest BCUT2D eigenvalue weighted by Crippen LogP contribution is 2.32. The second-order valence-corrected chi connectivity index (χ2v) is 6.64. The molecule has 0 unspecified atom stereocenters. The molecule has 0 aromatic heterocycles. The average molecular weight is 408 g/mol. The molecule has 24 heavy (non-hydrogen) atoms. The zero-order valence-electron chi connectivity index (χ0n) is 12.7. The number of amides is 1. The van der Waals surface area contributed by atoms with Crippen LogP contribution in [0.25, 0.3) is 0 Å². The predicted molar refractivity (Wildman–Crippen MR) is 85.2 cm³/mol. The molecule has 0 bridgehead atoms. The van der Waals surface area contributed by atoms with Crippen molar-refractivity contribution in [2.75, 3.05) is 11.9 Å². The molecule has 0 saturated heterocycles. The number of rotatable bonds is 4. The lowest BCUT2D eigenvalue weighted by Gasteiger charge is -2.29. The Morgan fingerprint density at radius 1 is 1.21 bits per heavy atom. The first kappa shape index (κ1) is 18.8. The van der Waals surface area contributed by atoms with Gasteiger partial charge in [-0.2, -0.15) is 13.2 Å². The van der Waals surface area contributed by atoms with Crippen molar-refractivity contribution in [3.63, 3.8) is 0 Å². The van der Waals surface area contributed by atoms with Crippen LogP contribution in [0.4, 0.5) is 18.9 Å². The van der Waals surface area contributed by atoms with Gasteiger partial charge < -0.3 is 10.1 Å². The zero-order chi connectivity index (χ0) is 17.7. The van der Waals surface area contributed by atoms with E-state index in [4.69, 9.17) is 0 Å². The number of nitrogens with one attached hydrogen (secondary N) is 1. The van der Waals surface area contributed by atoms with E-state index < -0.39 is 30.6 Å². The Hall–Kier alpha value is -1.57. The predicted octanol–water partition coefficient (Wildman–Crippen LogP) is 4.30. The molecule has 0 aliphatic heterocycles. The van der Waals surface area contributed by atoms with Gasteiger partial charge in [0.1, 0.15) is 0 Å². The first-order valence-electron chi connectivity index (χ1n) is 7.56. The van der Waals surface area contributed by atoms with E-state index in [-0.39, 0.29) is 5.91 Å². The van der Waals surface area contributed by atoms with E-state index in [1.165, 1.54) is 0 Å². The molecule has 1 aromatic carbocycles. The van der Waals surface area contributed by atoms with Crippen molar-refractivity contribution in [2.24, 2.45) is 11.8 Å². The van der Waals surface area contributed by atoms with Crippen LogP contribution in [0.1, 0.15) is 25.7 Å². The van der Waals surface area contributed by atoms with E-state index in [1.54, 1.807) is 24.3 Å². The smallest absolute Gasteiger partial charge is 0.422 e. The molecule has 1 aliphatic carbocycles. The Bertz CT molecular complexity index is 606. The molecule has 1 saturated carbocycles. The number of hydrogen-bond acceptors (Lipinski definition) is 3. The summed E-state index contributed by atoms with van der Waals surface area (Å²) in [5.41, 5.74) is 0.558. The van der Waals surface area contributed by atoms with E-state index in [1.807, 2.05) is 0 Å². The number of ether oxygens (including phenoxy) is 1. The van der Waals surface area contributed by atoms with E-state index in [9.17, 15) is 22.8 Å². The van der Waals surface area contributed by atoms with Gasteiger partial charge in [0.2, 0.25) is 5.91 Å². The molecule has 1 fully saturated rings. The van der Waals surface area contributed by atoms with Crippen LogP contribution in [0.15, 0.2) is 28.7 Å². The van der Waals surface area contributed by atoms with Gasteiger partial charge >= 0.3 is 12.1 Å². The molecule has 1 aliphatic rings. The van der Waals surface area contributed by atoms with Crippen LogP contribution in [0.3, 0.4) is 0 Å². The van der Waals surface area contributed by atoms with Gasteiger partial charge in [0, 0.05) is 10.2 Å². The summed E-state index contributed by atoms with van der Waals surface area (Å²) in [4.78, 5) is 24.4. The second kappa shape index (κ2) is 8.00. The van der Waals surface area contributed by atoms with Crippen LogP contribution in [0, 0.1) is 11.8 Å². The summed E-state index contributed by atoms with van der Waals surface area (Å²) in [5.74, 6) is -2.85.